The number of rotatable bonds is 5. The quantitative estimate of drug-likeness (QED) is 0.548. The molecule has 0 aromatic rings. The summed E-state index contributed by atoms with van der Waals surface area (Å²) in [5.74, 6) is 0.419. The van der Waals surface area contributed by atoms with E-state index >= 15 is 0 Å². The number of ether oxygens (including phenoxy) is 1. The molecule has 0 heterocycles. The average molecular weight is 240 g/mol. The molecule has 17 heavy (non-hydrogen) atoms. The Morgan fingerprint density at radius 2 is 1.82 bits per heavy atom. The second kappa shape index (κ2) is 6.18. The Labute approximate surface area is 104 Å². The van der Waals surface area contributed by atoms with E-state index in [2.05, 4.69) is 6.92 Å². The zero-order valence-electron chi connectivity index (χ0n) is 11.3. The van der Waals surface area contributed by atoms with E-state index in [1.54, 1.807) is 6.92 Å². The Morgan fingerprint density at radius 3 is 2.29 bits per heavy atom. The van der Waals surface area contributed by atoms with Crippen LogP contribution in [0.5, 0.6) is 0 Å². The van der Waals surface area contributed by atoms with E-state index in [1.165, 1.54) is 0 Å². The lowest BCUT2D eigenvalue weighted by atomic mass is 9.67. The summed E-state index contributed by atoms with van der Waals surface area (Å²) in [4.78, 5) is 24.3. The third kappa shape index (κ3) is 3.08. The predicted molar refractivity (Wildman–Crippen MR) is 66.6 cm³/mol. The molecular weight excluding hydrogens is 216 g/mol. The van der Waals surface area contributed by atoms with Crippen LogP contribution in [0.1, 0.15) is 59.3 Å². The van der Waals surface area contributed by atoms with Crippen molar-refractivity contribution in [2.75, 3.05) is 6.61 Å². The van der Waals surface area contributed by atoms with Crippen molar-refractivity contribution in [1.82, 2.24) is 0 Å². The van der Waals surface area contributed by atoms with Crippen LogP contribution in [0, 0.1) is 11.3 Å². The number of Topliss-reactive ketones (excluding diaryl/α,β-unsaturated/α-hetero) is 1. The molecule has 3 heteroatoms. The molecule has 1 rings (SSSR count). The maximum atomic E-state index is 12.2. The fraction of sp³-hybridized carbons (Fsp3) is 0.857. The summed E-state index contributed by atoms with van der Waals surface area (Å²) in [7, 11) is 0. The molecule has 0 aromatic heterocycles. The highest BCUT2D eigenvalue weighted by Crippen LogP contribution is 2.41. The van der Waals surface area contributed by atoms with Gasteiger partial charge in [0, 0.05) is 6.42 Å². The first-order valence-electron chi connectivity index (χ1n) is 6.77. The van der Waals surface area contributed by atoms with Crippen LogP contribution in [0.2, 0.25) is 0 Å². The van der Waals surface area contributed by atoms with Gasteiger partial charge in [0.1, 0.15) is 11.2 Å². The molecule has 0 spiro atoms. The van der Waals surface area contributed by atoms with Gasteiger partial charge in [0.2, 0.25) is 0 Å². The molecule has 0 aliphatic heterocycles. The van der Waals surface area contributed by atoms with Crippen LogP contribution < -0.4 is 0 Å². The molecule has 0 bridgehead atoms. The SMILES string of the molecule is CCCC(=O)C1(C(=O)OCC)CCC(C)CC1. The van der Waals surface area contributed by atoms with Gasteiger partial charge in [-0.3, -0.25) is 9.59 Å². The minimum atomic E-state index is -0.821. The van der Waals surface area contributed by atoms with Gasteiger partial charge in [0.25, 0.3) is 0 Å². The molecule has 0 radical (unpaired) electrons. The Bertz CT molecular complexity index is 255. The molecule has 3 nitrogen and oxygen atoms in total. The van der Waals surface area contributed by atoms with Crippen LogP contribution in [0.3, 0.4) is 0 Å². The van der Waals surface area contributed by atoms with Crippen molar-refractivity contribution < 1.29 is 14.3 Å². The Kier molecular flexibility index (Phi) is 5.16. The molecule has 0 atom stereocenters. The van der Waals surface area contributed by atoms with Gasteiger partial charge >= 0.3 is 5.97 Å². The summed E-state index contributed by atoms with van der Waals surface area (Å²) in [5.41, 5.74) is -0.821. The first-order valence-corrected chi connectivity index (χ1v) is 6.77. The molecule has 1 aliphatic carbocycles. The molecule has 1 aliphatic rings. The van der Waals surface area contributed by atoms with Gasteiger partial charge in [0.15, 0.2) is 0 Å². The second-order valence-corrected chi connectivity index (χ2v) is 5.16. The summed E-state index contributed by atoms with van der Waals surface area (Å²) in [6, 6.07) is 0. The third-order valence-corrected chi connectivity index (χ3v) is 3.80. The summed E-state index contributed by atoms with van der Waals surface area (Å²) >= 11 is 0. The number of carbonyl (C=O) groups excluding carboxylic acids is 2. The van der Waals surface area contributed by atoms with Crippen molar-refractivity contribution in [2.24, 2.45) is 11.3 Å². The Hall–Kier alpha value is -0.860. The van der Waals surface area contributed by atoms with E-state index < -0.39 is 5.41 Å². The smallest absolute Gasteiger partial charge is 0.319 e. The lowest BCUT2D eigenvalue weighted by molar-refractivity contribution is -0.163. The van der Waals surface area contributed by atoms with Crippen LogP contribution in [-0.2, 0) is 14.3 Å². The Morgan fingerprint density at radius 1 is 1.24 bits per heavy atom. The van der Waals surface area contributed by atoms with Gasteiger partial charge in [0.05, 0.1) is 6.61 Å². The highest BCUT2D eigenvalue weighted by atomic mass is 16.5. The molecule has 0 saturated heterocycles. The molecule has 0 aromatic carbocycles. The maximum absolute atomic E-state index is 12.2. The van der Waals surface area contributed by atoms with Crippen LogP contribution in [-0.4, -0.2) is 18.4 Å². The van der Waals surface area contributed by atoms with Gasteiger partial charge in [-0.05, 0) is 44.9 Å². The summed E-state index contributed by atoms with van der Waals surface area (Å²) in [6.45, 7) is 6.30. The van der Waals surface area contributed by atoms with Crippen LogP contribution in [0.15, 0.2) is 0 Å². The lowest BCUT2D eigenvalue weighted by Crippen LogP contribution is -2.43. The van der Waals surface area contributed by atoms with Gasteiger partial charge in [-0.1, -0.05) is 13.8 Å². The highest BCUT2D eigenvalue weighted by Gasteiger charge is 2.47. The van der Waals surface area contributed by atoms with E-state index in [1.807, 2.05) is 6.92 Å². The molecule has 0 N–H and O–H groups in total. The van der Waals surface area contributed by atoms with Crippen molar-refractivity contribution in [3.8, 4) is 0 Å². The number of carbonyl (C=O) groups is 2. The maximum Gasteiger partial charge on any atom is 0.319 e. The minimum absolute atomic E-state index is 0.0883. The number of hydrogen-bond acceptors (Lipinski definition) is 3. The number of ketones is 1. The first-order chi connectivity index (χ1) is 8.06. The fourth-order valence-corrected chi connectivity index (χ4v) is 2.59. The van der Waals surface area contributed by atoms with Crippen LogP contribution >= 0.6 is 0 Å². The molecule has 0 amide bonds. The molecule has 1 fully saturated rings. The monoisotopic (exact) mass is 240 g/mol. The average Bonchev–Trinajstić information content (AvgIpc) is 2.31. The van der Waals surface area contributed by atoms with Crippen molar-refractivity contribution in [3.63, 3.8) is 0 Å². The largest absolute Gasteiger partial charge is 0.465 e. The second-order valence-electron chi connectivity index (χ2n) is 5.16. The first kappa shape index (κ1) is 14.2. The third-order valence-electron chi connectivity index (χ3n) is 3.80. The lowest BCUT2D eigenvalue weighted by Gasteiger charge is -2.35. The molecule has 0 unspecified atom stereocenters. The van der Waals surface area contributed by atoms with E-state index in [9.17, 15) is 9.59 Å². The fourth-order valence-electron chi connectivity index (χ4n) is 2.59. The summed E-state index contributed by atoms with van der Waals surface area (Å²) in [6.07, 6.45) is 4.54. The minimum Gasteiger partial charge on any atom is -0.465 e. The highest BCUT2D eigenvalue weighted by molar-refractivity contribution is 6.03. The topological polar surface area (TPSA) is 43.4 Å². The van der Waals surface area contributed by atoms with Gasteiger partial charge in [-0.15, -0.1) is 0 Å². The van der Waals surface area contributed by atoms with E-state index in [4.69, 9.17) is 4.74 Å². The summed E-state index contributed by atoms with van der Waals surface area (Å²) in [5, 5.41) is 0. The van der Waals surface area contributed by atoms with E-state index in [0.29, 0.717) is 31.8 Å². The van der Waals surface area contributed by atoms with Gasteiger partial charge < -0.3 is 4.74 Å². The molecule has 98 valence electrons. The van der Waals surface area contributed by atoms with Crippen molar-refractivity contribution in [2.45, 2.75) is 59.3 Å². The molecule has 1 saturated carbocycles. The predicted octanol–water partition coefficient (Wildman–Crippen LogP) is 3.12. The molecular formula is C14H24O3. The van der Waals surface area contributed by atoms with Crippen molar-refractivity contribution in [1.29, 1.82) is 0 Å². The zero-order chi connectivity index (χ0) is 12.9. The van der Waals surface area contributed by atoms with E-state index in [0.717, 1.165) is 19.3 Å². The standard InChI is InChI=1S/C14H24O3/c1-4-6-12(15)14(13(16)17-5-2)9-7-11(3)8-10-14/h11H,4-10H2,1-3H3. The van der Waals surface area contributed by atoms with Gasteiger partial charge in [-0.2, -0.15) is 0 Å². The van der Waals surface area contributed by atoms with Crippen molar-refractivity contribution in [3.05, 3.63) is 0 Å². The zero-order valence-corrected chi connectivity index (χ0v) is 11.3. The van der Waals surface area contributed by atoms with Crippen LogP contribution in [0.4, 0.5) is 0 Å². The van der Waals surface area contributed by atoms with Crippen molar-refractivity contribution >= 4 is 11.8 Å². The number of hydrogen-bond donors (Lipinski definition) is 0. The summed E-state index contributed by atoms with van der Waals surface area (Å²) < 4.78 is 5.13. The van der Waals surface area contributed by atoms with Crippen LogP contribution in [0.25, 0.3) is 0 Å². The van der Waals surface area contributed by atoms with E-state index in [-0.39, 0.29) is 11.8 Å². The number of esters is 1. The Balaban J connectivity index is 2.84. The normalized spacial score (nSPS) is 28.8. The van der Waals surface area contributed by atoms with Gasteiger partial charge in [-0.25, -0.2) is 0 Å².